The first-order valence-corrected chi connectivity index (χ1v) is 10.3. The molecule has 2 aromatic rings. The van der Waals surface area contributed by atoms with Gasteiger partial charge in [0.15, 0.2) is 0 Å². The molecule has 2 aliphatic rings. The van der Waals surface area contributed by atoms with Crippen molar-refractivity contribution in [3.8, 4) is 0 Å². The Labute approximate surface area is 158 Å². The Kier molecular flexibility index (Phi) is 5.17. The molecule has 138 valence electrons. The van der Waals surface area contributed by atoms with Gasteiger partial charge >= 0.3 is 0 Å². The van der Waals surface area contributed by atoms with E-state index in [9.17, 15) is 4.79 Å². The van der Waals surface area contributed by atoms with E-state index in [4.69, 9.17) is 0 Å². The van der Waals surface area contributed by atoms with Gasteiger partial charge in [-0.2, -0.15) is 11.3 Å². The Morgan fingerprint density at radius 2 is 1.96 bits per heavy atom. The van der Waals surface area contributed by atoms with Crippen LogP contribution in [0.1, 0.15) is 31.4 Å². The minimum absolute atomic E-state index is 0.0677. The van der Waals surface area contributed by atoms with Crippen molar-refractivity contribution >= 4 is 23.2 Å². The second-order valence-corrected chi connectivity index (χ2v) is 7.77. The van der Waals surface area contributed by atoms with Gasteiger partial charge in [0.25, 0.3) is 0 Å². The molecule has 0 spiro atoms. The van der Waals surface area contributed by atoms with Crippen LogP contribution in [-0.4, -0.2) is 64.4 Å². The third-order valence-corrected chi connectivity index (χ3v) is 6.20. The zero-order valence-electron chi connectivity index (χ0n) is 15.1. The van der Waals surface area contributed by atoms with Crippen LogP contribution in [0.25, 0.3) is 0 Å². The average molecular weight is 372 g/mol. The molecule has 2 unspecified atom stereocenters. The van der Waals surface area contributed by atoms with Gasteiger partial charge in [-0.15, -0.1) is 0 Å². The second kappa shape index (κ2) is 7.72. The number of amides is 1. The summed E-state index contributed by atoms with van der Waals surface area (Å²) in [5, 5.41) is 4.35. The minimum atomic E-state index is -0.0677. The number of piperazine rings is 1. The molecule has 0 bridgehead atoms. The predicted octanol–water partition coefficient (Wildman–Crippen LogP) is 2.41. The number of carbonyl (C=O) groups is 1. The summed E-state index contributed by atoms with van der Waals surface area (Å²) in [6, 6.07) is 4.34. The van der Waals surface area contributed by atoms with Gasteiger partial charge < -0.3 is 9.80 Å². The SMILES string of the molecule is CC(C(=O)N1CCN(c2ncccn2)CC1)N1CCCC1c1ccsc1. The molecule has 0 aromatic carbocycles. The molecule has 0 radical (unpaired) electrons. The molecule has 2 atom stereocenters. The summed E-state index contributed by atoms with van der Waals surface area (Å²) in [5.74, 6) is 1.01. The Bertz CT molecular complexity index is 715. The van der Waals surface area contributed by atoms with Gasteiger partial charge in [-0.1, -0.05) is 0 Å². The summed E-state index contributed by atoms with van der Waals surface area (Å²) in [6.45, 7) is 6.12. The summed E-state index contributed by atoms with van der Waals surface area (Å²) in [6.07, 6.45) is 5.84. The molecule has 0 saturated carbocycles. The normalized spacial score (nSPS) is 22.6. The molecular weight excluding hydrogens is 346 g/mol. The highest BCUT2D eigenvalue weighted by Gasteiger charge is 2.35. The van der Waals surface area contributed by atoms with Gasteiger partial charge in [-0.25, -0.2) is 9.97 Å². The molecule has 2 aliphatic heterocycles. The van der Waals surface area contributed by atoms with Gasteiger partial charge in [-0.05, 0) is 54.8 Å². The van der Waals surface area contributed by atoms with Gasteiger partial charge in [0.05, 0.1) is 6.04 Å². The van der Waals surface area contributed by atoms with Gasteiger partial charge in [-0.3, -0.25) is 9.69 Å². The summed E-state index contributed by atoms with van der Waals surface area (Å²) in [5.41, 5.74) is 1.36. The highest BCUT2D eigenvalue weighted by Crippen LogP contribution is 2.35. The smallest absolute Gasteiger partial charge is 0.239 e. The van der Waals surface area contributed by atoms with E-state index in [2.05, 4.69) is 43.5 Å². The molecule has 0 aliphatic carbocycles. The van der Waals surface area contributed by atoms with E-state index >= 15 is 0 Å². The second-order valence-electron chi connectivity index (χ2n) is 6.99. The number of thiophene rings is 1. The summed E-state index contributed by atoms with van der Waals surface area (Å²) >= 11 is 1.74. The molecule has 2 fully saturated rings. The fraction of sp³-hybridized carbons (Fsp3) is 0.526. The van der Waals surface area contributed by atoms with Crippen molar-refractivity contribution in [2.75, 3.05) is 37.6 Å². The van der Waals surface area contributed by atoms with Crippen molar-refractivity contribution in [3.05, 3.63) is 40.8 Å². The lowest BCUT2D eigenvalue weighted by molar-refractivity contribution is -0.137. The largest absolute Gasteiger partial charge is 0.338 e. The number of aromatic nitrogens is 2. The zero-order valence-corrected chi connectivity index (χ0v) is 15.9. The summed E-state index contributed by atoms with van der Waals surface area (Å²) in [7, 11) is 0. The Morgan fingerprint density at radius 1 is 1.19 bits per heavy atom. The first kappa shape index (κ1) is 17.4. The van der Waals surface area contributed by atoms with E-state index < -0.39 is 0 Å². The standard InChI is InChI=1S/C19H25N5OS/c1-15(24-8-2-4-17(24)16-5-13-26-14-16)18(25)22-9-11-23(12-10-22)19-20-6-3-7-21-19/h3,5-7,13-15,17H,2,4,8-12H2,1H3. The number of carbonyl (C=O) groups excluding carboxylic acids is 1. The van der Waals surface area contributed by atoms with Gasteiger partial charge in [0.1, 0.15) is 0 Å². The average Bonchev–Trinajstić information content (AvgIpc) is 3.39. The molecule has 2 aromatic heterocycles. The fourth-order valence-electron chi connectivity index (χ4n) is 4.06. The van der Waals surface area contributed by atoms with Crippen molar-refractivity contribution in [3.63, 3.8) is 0 Å². The lowest BCUT2D eigenvalue weighted by Crippen LogP contribution is -2.54. The molecule has 1 amide bonds. The number of anilines is 1. The van der Waals surface area contributed by atoms with Crippen LogP contribution in [0, 0.1) is 0 Å². The van der Waals surface area contributed by atoms with E-state index in [1.54, 1.807) is 23.7 Å². The highest BCUT2D eigenvalue weighted by molar-refractivity contribution is 7.07. The lowest BCUT2D eigenvalue weighted by atomic mass is 10.1. The van der Waals surface area contributed by atoms with Crippen LogP contribution in [0.15, 0.2) is 35.3 Å². The van der Waals surface area contributed by atoms with E-state index in [0.717, 1.165) is 51.5 Å². The molecule has 0 N–H and O–H groups in total. The quantitative estimate of drug-likeness (QED) is 0.826. The van der Waals surface area contributed by atoms with Crippen LogP contribution >= 0.6 is 11.3 Å². The lowest BCUT2D eigenvalue weighted by Gasteiger charge is -2.38. The van der Waals surface area contributed by atoms with Crippen molar-refractivity contribution in [1.82, 2.24) is 19.8 Å². The van der Waals surface area contributed by atoms with Crippen LogP contribution in [-0.2, 0) is 4.79 Å². The Hall–Kier alpha value is -1.99. The highest BCUT2D eigenvalue weighted by atomic mass is 32.1. The van der Waals surface area contributed by atoms with Gasteiger partial charge in [0.2, 0.25) is 11.9 Å². The maximum absolute atomic E-state index is 13.1. The number of hydrogen-bond donors (Lipinski definition) is 0. The third kappa shape index (κ3) is 3.46. The van der Waals surface area contributed by atoms with Gasteiger partial charge in [0, 0.05) is 44.6 Å². The van der Waals surface area contributed by atoms with Crippen molar-refractivity contribution in [2.24, 2.45) is 0 Å². The fourth-order valence-corrected chi connectivity index (χ4v) is 4.77. The Balaban J connectivity index is 1.37. The monoisotopic (exact) mass is 371 g/mol. The summed E-state index contributed by atoms with van der Waals surface area (Å²) < 4.78 is 0. The topological polar surface area (TPSA) is 52.6 Å². The summed E-state index contributed by atoms with van der Waals surface area (Å²) in [4.78, 5) is 28.3. The molecule has 2 saturated heterocycles. The molecule has 7 heteroatoms. The van der Waals surface area contributed by atoms with Crippen LogP contribution < -0.4 is 4.90 Å². The predicted molar refractivity (Wildman–Crippen MR) is 103 cm³/mol. The Morgan fingerprint density at radius 3 is 2.65 bits per heavy atom. The van der Waals surface area contributed by atoms with E-state index in [0.29, 0.717) is 6.04 Å². The molecule has 4 rings (SSSR count). The maximum Gasteiger partial charge on any atom is 0.239 e. The number of rotatable bonds is 4. The number of hydrogen-bond acceptors (Lipinski definition) is 6. The van der Waals surface area contributed by atoms with E-state index in [-0.39, 0.29) is 11.9 Å². The van der Waals surface area contributed by atoms with Crippen molar-refractivity contribution in [1.29, 1.82) is 0 Å². The van der Waals surface area contributed by atoms with Crippen molar-refractivity contribution in [2.45, 2.75) is 31.8 Å². The molecular formula is C19H25N5OS. The maximum atomic E-state index is 13.1. The molecule has 6 nitrogen and oxygen atoms in total. The van der Waals surface area contributed by atoms with Crippen LogP contribution in [0.5, 0.6) is 0 Å². The number of nitrogens with zero attached hydrogens (tertiary/aromatic N) is 5. The zero-order chi connectivity index (χ0) is 17.9. The molecule has 26 heavy (non-hydrogen) atoms. The van der Waals surface area contributed by atoms with E-state index in [1.165, 1.54) is 5.56 Å². The third-order valence-electron chi connectivity index (χ3n) is 5.50. The molecule has 4 heterocycles. The van der Waals surface area contributed by atoms with Crippen LogP contribution in [0.4, 0.5) is 5.95 Å². The first-order chi connectivity index (χ1) is 12.7. The van der Waals surface area contributed by atoms with Crippen LogP contribution in [0.2, 0.25) is 0 Å². The van der Waals surface area contributed by atoms with Crippen molar-refractivity contribution < 1.29 is 4.79 Å². The van der Waals surface area contributed by atoms with Crippen LogP contribution in [0.3, 0.4) is 0 Å². The minimum Gasteiger partial charge on any atom is -0.338 e. The number of likely N-dealkylation sites (tertiary alicyclic amines) is 1. The first-order valence-electron chi connectivity index (χ1n) is 9.32. The van der Waals surface area contributed by atoms with E-state index in [1.807, 2.05) is 11.0 Å².